The van der Waals surface area contributed by atoms with Gasteiger partial charge >= 0.3 is 23.9 Å². The number of carboxylic acid groups (broad SMARTS) is 4. The van der Waals surface area contributed by atoms with Gasteiger partial charge < -0.3 is 35.2 Å². The predicted octanol–water partition coefficient (Wildman–Crippen LogP) is 1.84. The molecule has 1 saturated heterocycles. The van der Waals surface area contributed by atoms with E-state index in [4.69, 9.17) is 44.3 Å². The van der Waals surface area contributed by atoms with E-state index < -0.39 is 30.0 Å². The maximum absolute atomic E-state index is 12.5. The van der Waals surface area contributed by atoms with Crippen molar-refractivity contribution < 1.29 is 54.2 Å². The number of rotatable bonds is 7. The van der Waals surface area contributed by atoms with Gasteiger partial charge in [0, 0.05) is 50.7 Å². The number of β-amino-alcohol motifs (C(OH)–C–C–N with tert-alkyl or cyclic N) is 1. The van der Waals surface area contributed by atoms with Crippen molar-refractivity contribution in [1.29, 1.82) is 0 Å². The molecule has 1 aromatic heterocycles. The van der Waals surface area contributed by atoms with Crippen LogP contribution in [0.3, 0.4) is 0 Å². The Morgan fingerprint density at radius 1 is 0.864 bits per heavy atom. The van der Waals surface area contributed by atoms with Crippen LogP contribution in [0.4, 0.5) is 0 Å². The minimum Gasteiger partial charge on any atom is -0.497 e. The van der Waals surface area contributed by atoms with Gasteiger partial charge in [-0.1, -0.05) is 42.5 Å². The number of amides is 1. The number of hydrogen-bond donors (Lipinski definition) is 5. The van der Waals surface area contributed by atoms with Crippen LogP contribution in [0, 0.1) is 0 Å². The third-order valence-corrected chi connectivity index (χ3v) is 6.27. The number of piperazine rings is 1. The number of aliphatic hydroxyl groups excluding tert-OH is 1. The molecule has 3 aromatic rings. The molecule has 0 bridgehead atoms. The van der Waals surface area contributed by atoms with Gasteiger partial charge in [-0.05, 0) is 35.4 Å². The first-order valence-corrected chi connectivity index (χ1v) is 13.2. The van der Waals surface area contributed by atoms with E-state index in [1.165, 1.54) is 0 Å². The Hall–Kier alpha value is -5.34. The molecule has 1 aliphatic heterocycles. The first-order chi connectivity index (χ1) is 20.9. The van der Waals surface area contributed by atoms with Crippen molar-refractivity contribution in [3.63, 3.8) is 0 Å². The fraction of sp³-hybridized carbons (Fsp3) is 0.267. The molecule has 1 aliphatic rings. The third-order valence-electron chi connectivity index (χ3n) is 6.27. The largest absolute Gasteiger partial charge is 0.497 e. The number of pyridine rings is 1. The zero-order valence-corrected chi connectivity index (χ0v) is 23.8. The number of hydrogen-bond acceptors (Lipinski definition) is 9. The number of aliphatic carboxylic acids is 4. The summed E-state index contributed by atoms with van der Waals surface area (Å²) in [7, 11) is 1.63. The molecule has 0 saturated carbocycles. The van der Waals surface area contributed by atoms with Crippen molar-refractivity contribution in [2.75, 3.05) is 39.8 Å². The number of benzene rings is 2. The molecule has 1 amide bonds. The zero-order valence-electron chi connectivity index (χ0n) is 23.8. The molecule has 1 fully saturated rings. The van der Waals surface area contributed by atoms with Gasteiger partial charge in [0.15, 0.2) is 0 Å². The van der Waals surface area contributed by atoms with E-state index in [1.807, 2.05) is 71.6 Å². The SMILES string of the molecule is COc1ccc2nccc([C@@H](O)CN3CCN(C(=O)C/C=C/c4ccccc4)CC3)c2c1.O=C(O)C(=O)O.O=C(O)C(=O)O. The number of methoxy groups -OCH3 is 1. The van der Waals surface area contributed by atoms with Crippen molar-refractivity contribution in [1.82, 2.24) is 14.8 Å². The Morgan fingerprint density at radius 2 is 1.45 bits per heavy atom. The summed E-state index contributed by atoms with van der Waals surface area (Å²) in [6.07, 6.45) is 5.41. The monoisotopic (exact) mass is 611 g/mol. The summed E-state index contributed by atoms with van der Waals surface area (Å²) >= 11 is 0. The molecule has 0 aliphatic carbocycles. The molecule has 5 N–H and O–H groups in total. The molecule has 0 radical (unpaired) electrons. The van der Waals surface area contributed by atoms with E-state index in [0.29, 0.717) is 26.1 Å². The highest BCUT2D eigenvalue weighted by molar-refractivity contribution is 6.27. The summed E-state index contributed by atoms with van der Waals surface area (Å²) in [5.74, 6) is -6.41. The van der Waals surface area contributed by atoms with E-state index in [-0.39, 0.29) is 5.91 Å². The first kappa shape index (κ1) is 34.9. The fourth-order valence-corrected chi connectivity index (χ4v) is 4.08. The lowest BCUT2D eigenvalue weighted by molar-refractivity contribution is -0.159. The number of carboxylic acids is 4. The van der Waals surface area contributed by atoms with Crippen LogP contribution in [0.5, 0.6) is 5.75 Å². The average Bonchev–Trinajstić information content (AvgIpc) is 3.01. The Bertz CT molecular complexity index is 1420. The van der Waals surface area contributed by atoms with Crippen molar-refractivity contribution in [2.45, 2.75) is 12.5 Å². The molecule has 44 heavy (non-hydrogen) atoms. The molecule has 1 atom stereocenters. The van der Waals surface area contributed by atoms with E-state index in [9.17, 15) is 9.90 Å². The van der Waals surface area contributed by atoms with Crippen LogP contribution in [0.15, 0.2) is 66.9 Å². The van der Waals surface area contributed by atoms with Gasteiger partial charge in [0.1, 0.15) is 5.75 Å². The van der Waals surface area contributed by atoms with Gasteiger partial charge in [0.05, 0.1) is 18.7 Å². The number of nitrogens with zero attached hydrogens (tertiary/aromatic N) is 3. The summed E-state index contributed by atoms with van der Waals surface area (Å²) in [5.41, 5.74) is 2.78. The van der Waals surface area contributed by atoms with E-state index in [2.05, 4.69) is 9.88 Å². The van der Waals surface area contributed by atoms with Gasteiger partial charge in [-0.15, -0.1) is 0 Å². The molecule has 2 heterocycles. The van der Waals surface area contributed by atoms with Gasteiger partial charge in [-0.3, -0.25) is 14.7 Å². The summed E-state index contributed by atoms with van der Waals surface area (Å²) in [6.45, 7) is 3.37. The number of aromatic nitrogens is 1. The number of ether oxygens (including phenoxy) is 1. The summed E-state index contributed by atoms with van der Waals surface area (Å²) in [4.78, 5) is 57.4. The number of fused-ring (bicyclic) bond motifs is 1. The van der Waals surface area contributed by atoms with Crippen LogP contribution in [0.2, 0.25) is 0 Å². The van der Waals surface area contributed by atoms with E-state index in [0.717, 1.165) is 40.9 Å². The molecule has 4 rings (SSSR count). The van der Waals surface area contributed by atoms with Crippen LogP contribution in [-0.4, -0.2) is 110 Å². The minimum absolute atomic E-state index is 0.143. The number of carbonyl (C=O) groups is 5. The van der Waals surface area contributed by atoms with Gasteiger partial charge in [0.2, 0.25) is 5.91 Å². The predicted molar refractivity (Wildman–Crippen MR) is 157 cm³/mol. The van der Waals surface area contributed by atoms with Crippen molar-refractivity contribution in [2.24, 2.45) is 0 Å². The maximum atomic E-state index is 12.5. The van der Waals surface area contributed by atoms with Crippen molar-refractivity contribution in [3.05, 3.63) is 78.0 Å². The normalized spacial score (nSPS) is 13.5. The molecule has 2 aromatic carbocycles. The molecule has 0 unspecified atom stereocenters. The zero-order chi connectivity index (χ0) is 32.6. The first-order valence-electron chi connectivity index (χ1n) is 13.2. The summed E-state index contributed by atoms with van der Waals surface area (Å²) < 4.78 is 5.33. The number of carbonyl (C=O) groups excluding carboxylic acids is 1. The Balaban J connectivity index is 0.000000477. The van der Waals surface area contributed by atoms with Crippen molar-refractivity contribution in [3.8, 4) is 5.75 Å². The molecule has 14 heteroatoms. The standard InChI is InChI=1S/C26H29N3O3.2C2H2O4/c1-32-21-10-11-24-23(18-21)22(12-13-27-24)25(30)19-28-14-16-29(17-15-28)26(31)9-5-8-20-6-3-2-4-7-20;2*3-1(4)2(5)6/h2-8,10-13,18,25,30H,9,14-17,19H2,1H3;2*(H,3,4)(H,5,6)/b8-5+;;/t25-;;/m0../s1. The van der Waals surface area contributed by atoms with Crippen LogP contribution in [-0.2, 0) is 24.0 Å². The lowest BCUT2D eigenvalue weighted by Crippen LogP contribution is -2.49. The fourth-order valence-electron chi connectivity index (χ4n) is 4.08. The Labute approximate surface area is 252 Å². The lowest BCUT2D eigenvalue weighted by Gasteiger charge is -2.35. The highest BCUT2D eigenvalue weighted by Gasteiger charge is 2.23. The van der Waals surface area contributed by atoms with Crippen LogP contribution >= 0.6 is 0 Å². The third kappa shape index (κ3) is 11.5. The summed E-state index contributed by atoms with van der Waals surface area (Å²) in [5, 5.41) is 41.4. The van der Waals surface area contributed by atoms with Crippen LogP contribution in [0.25, 0.3) is 17.0 Å². The van der Waals surface area contributed by atoms with Crippen molar-refractivity contribution >= 4 is 46.8 Å². The maximum Gasteiger partial charge on any atom is 0.414 e. The smallest absolute Gasteiger partial charge is 0.414 e. The molecule has 14 nitrogen and oxygen atoms in total. The average molecular weight is 612 g/mol. The van der Waals surface area contributed by atoms with E-state index >= 15 is 0 Å². The lowest BCUT2D eigenvalue weighted by atomic mass is 10.0. The second kappa shape index (κ2) is 17.6. The molecular weight excluding hydrogens is 578 g/mol. The Morgan fingerprint density at radius 3 is 2.00 bits per heavy atom. The number of aliphatic hydroxyl groups is 1. The second-order valence-electron chi connectivity index (χ2n) is 9.22. The minimum atomic E-state index is -1.82. The highest BCUT2D eigenvalue weighted by Crippen LogP contribution is 2.27. The van der Waals surface area contributed by atoms with E-state index in [1.54, 1.807) is 13.3 Å². The van der Waals surface area contributed by atoms with Gasteiger partial charge in [-0.25, -0.2) is 19.2 Å². The molecular formula is C30H33N3O11. The van der Waals surface area contributed by atoms with Crippen LogP contribution in [0.1, 0.15) is 23.7 Å². The van der Waals surface area contributed by atoms with Gasteiger partial charge in [-0.2, -0.15) is 0 Å². The van der Waals surface area contributed by atoms with Crippen LogP contribution < -0.4 is 4.74 Å². The Kier molecular flexibility index (Phi) is 13.9. The quantitative estimate of drug-likeness (QED) is 0.241. The summed E-state index contributed by atoms with van der Waals surface area (Å²) in [6, 6.07) is 17.6. The molecule has 0 spiro atoms. The topological polar surface area (TPSA) is 215 Å². The second-order valence-corrected chi connectivity index (χ2v) is 9.22. The highest BCUT2D eigenvalue weighted by atomic mass is 16.5. The molecule has 234 valence electrons. The van der Waals surface area contributed by atoms with Gasteiger partial charge in [0.25, 0.3) is 0 Å².